The summed E-state index contributed by atoms with van der Waals surface area (Å²) in [6, 6.07) is 7.64. The molecule has 0 aliphatic heterocycles. The van der Waals surface area contributed by atoms with Crippen LogP contribution in [0, 0.1) is 18.6 Å². The van der Waals surface area contributed by atoms with Crippen LogP contribution in [0.15, 0.2) is 41.2 Å². The highest BCUT2D eigenvalue weighted by atomic mass is 19.1. The Morgan fingerprint density at radius 3 is 2.50 bits per heavy atom. The maximum Gasteiger partial charge on any atom is 0.338 e. The van der Waals surface area contributed by atoms with E-state index in [1.54, 1.807) is 13.0 Å². The van der Waals surface area contributed by atoms with Crippen LogP contribution in [0.4, 0.5) is 14.5 Å². The third-order valence-electron chi connectivity index (χ3n) is 4.52. The number of carbonyl (C=O) groups excluding carboxylic acids is 2. The number of anilines is 1. The molecule has 1 heterocycles. The van der Waals surface area contributed by atoms with Gasteiger partial charge in [-0.2, -0.15) is 0 Å². The Morgan fingerprint density at radius 2 is 1.87 bits per heavy atom. The van der Waals surface area contributed by atoms with E-state index in [2.05, 4.69) is 10.3 Å². The molecule has 1 N–H and O–H groups in total. The summed E-state index contributed by atoms with van der Waals surface area (Å²) in [5, 5.41) is 2.08. The van der Waals surface area contributed by atoms with Gasteiger partial charge in [0.05, 0.1) is 16.6 Å². The van der Waals surface area contributed by atoms with Crippen molar-refractivity contribution in [3.05, 3.63) is 69.6 Å². The molecule has 156 valence electrons. The van der Waals surface area contributed by atoms with Gasteiger partial charge in [-0.05, 0) is 51.1 Å². The summed E-state index contributed by atoms with van der Waals surface area (Å²) in [5.74, 6) is -3.59. The van der Waals surface area contributed by atoms with Crippen molar-refractivity contribution in [2.45, 2.75) is 33.4 Å². The van der Waals surface area contributed by atoms with Gasteiger partial charge in [0.2, 0.25) is 0 Å². The van der Waals surface area contributed by atoms with Crippen LogP contribution >= 0.6 is 0 Å². The van der Waals surface area contributed by atoms with Gasteiger partial charge < -0.3 is 14.6 Å². The summed E-state index contributed by atoms with van der Waals surface area (Å²) in [6.07, 6.45) is -1.31. The molecule has 0 aliphatic carbocycles. The van der Waals surface area contributed by atoms with Crippen LogP contribution in [-0.2, 0) is 16.1 Å². The zero-order valence-electron chi connectivity index (χ0n) is 16.5. The van der Waals surface area contributed by atoms with E-state index in [0.29, 0.717) is 17.6 Å². The normalized spacial score (nSPS) is 11.9. The third-order valence-corrected chi connectivity index (χ3v) is 4.52. The van der Waals surface area contributed by atoms with Crippen molar-refractivity contribution >= 4 is 28.6 Å². The number of ether oxygens (including phenoxy) is 1. The number of fused-ring (bicyclic) bond motifs is 1. The molecule has 0 saturated heterocycles. The molecule has 0 saturated carbocycles. The molecule has 0 radical (unpaired) electrons. The lowest BCUT2D eigenvalue weighted by Crippen LogP contribution is -2.30. The summed E-state index contributed by atoms with van der Waals surface area (Å²) >= 11 is 0. The van der Waals surface area contributed by atoms with Crippen LogP contribution in [0.1, 0.15) is 29.9 Å². The molecule has 0 spiro atoms. The van der Waals surface area contributed by atoms with E-state index < -0.39 is 35.3 Å². The Kier molecular flexibility index (Phi) is 5.91. The number of benzene rings is 2. The Labute approximate surface area is 170 Å². The van der Waals surface area contributed by atoms with Crippen LogP contribution in [0.5, 0.6) is 0 Å². The van der Waals surface area contributed by atoms with Crippen LogP contribution in [0.25, 0.3) is 11.0 Å². The summed E-state index contributed by atoms with van der Waals surface area (Å²) in [7, 11) is 0. The van der Waals surface area contributed by atoms with Crippen molar-refractivity contribution in [1.82, 2.24) is 9.55 Å². The number of hydrogen-bond donors (Lipinski definition) is 1. The summed E-state index contributed by atoms with van der Waals surface area (Å²) in [4.78, 5) is 41.0. The SMILES string of the molecule is CCn1c(=O)c(C)nc2cc(C(=O)O[C@@H](C)C(=O)Nc3c(F)cccc3F)ccc21. The minimum Gasteiger partial charge on any atom is -0.449 e. The van der Waals surface area contributed by atoms with Crippen molar-refractivity contribution in [2.24, 2.45) is 0 Å². The summed E-state index contributed by atoms with van der Waals surface area (Å²) in [5.41, 5.74) is 0.556. The lowest BCUT2D eigenvalue weighted by molar-refractivity contribution is -0.123. The second kappa shape index (κ2) is 8.40. The van der Waals surface area contributed by atoms with Gasteiger partial charge in [-0.3, -0.25) is 9.59 Å². The molecule has 9 heteroatoms. The highest BCUT2D eigenvalue weighted by molar-refractivity contribution is 5.98. The van der Waals surface area contributed by atoms with Crippen molar-refractivity contribution in [2.75, 3.05) is 5.32 Å². The fourth-order valence-electron chi connectivity index (χ4n) is 2.94. The van der Waals surface area contributed by atoms with E-state index in [1.807, 2.05) is 6.92 Å². The van der Waals surface area contributed by atoms with Crippen molar-refractivity contribution in [3.8, 4) is 0 Å². The Bertz CT molecular complexity index is 1190. The molecule has 7 nitrogen and oxygen atoms in total. The number of nitrogens with one attached hydrogen (secondary N) is 1. The number of aryl methyl sites for hydroxylation is 2. The zero-order valence-corrected chi connectivity index (χ0v) is 16.5. The maximum absolute atomic E-state index is 13.7. The zero-order chi connectivity index (χ0) is 22.0. The lowest BCUT2D eigenvalue weighted by atomic mass is 10.2. The molecule has 1 atom stereocenters. The average molecular weight is 415 g/mol. The van der Waals surface area contributed by atoms with Gasteiger partial charge in [0.15, 0.2) is 6.10 Å². The number of para-hydroxylation sites is 1. The fraction of sp³-hybridized carbons (Fsp3) is 0.238. The monoisotopic (exact) mass is 415 g/mol. The van der Waals surface area contributed by atoms with E-state index >= 15 is 0 Å². The van der Waals surface area contributed by atoms with E-state index in [4.69, 9.17) is 4.74 Å². The first-order valence-corrected chi connectivity index (χ1v) is 9.20. The smallest absolute Gasteiger partial charge is 0.338 e. The Balaban J connectivity index is 1.79. The molecule has 1 amide bonds. The van der Waals surface area contributed by atoms with Crippen LogP contribution in [-0.4, -0.2) is 27.5 Å². The van der Waals surface area contributed by atoms with Crippen molar-refractivity contribution in [1.29, 1.82) is 0 Å². The quantitative estimate of drug-likeness (QED) is 0.647. The average Bonchev–Trinajstić information content (AvgIpc) is 2.71. The van der Waals surface area contributed by atoms with E-state index in [9.17, 15) is 23.2 Å². The molecule has 0 fully saturated rings. The minimum atomic E-state index is -1.31. The second-order valence-corrected chi connectivity index (χ2v) is 6.58. The van der Waals surface area contributed by atoms with Crippen LogP contribution < -0.4 is 10.9 Å². The van der Waals surface area contributed by atoms with Crippen molar-refractivity contribution < 1.29 is 23.1 Å². The Morgan fingerprint density at radius 1 is 1.20 bits per heavy atom. The predicted molar refractivity (Wildman–Crippen MR) is 106 cm³/mol. The third kappa shape index (κ3) is 4.05. The molecule has 0 unspecified atom stereocenters. The van der Waals surface area contributed by atoms with Gasteiger partial charge in [0, 0.05) is 6.54 Å². The number of rotatable bonds is 5. The second-order valence-electron chi connectivity index (χ2n) is 6.58. The lowest BCUT2D eigenvalue weighted by Gasteiger charge is -2.15. The van der Waals surface area contributed by atoms with Gasteiger partial charge in [-0.25, -0.2) is 18.6 Å². The molecule has 2 aromatic carbocycles. The van der Waals surface area contributed by atoms with Gasteiger partial charge in [-0.15, -0.1) is 0 Å². The van der Waals surface area contributed by atoms with Gasteiger partial charge in [-0.1, -0.05) is 6.07 Å². The van der Waals surface area contributed by atoms with Crippen LogP contribution in [0.3, 0.4) is 0 Å². The van der Waals surface area contributed by atoms with E-state index in [0.717, 1.165) is 18.2 Å². The van der Waals surface area contributed by atoms with Gasteiger partial charge in [0.1, 0.15) is 23.0 Å². The first-order chi connectivity index (χ1) is 14.2. The number of amides is 1. The molecule has 1 aromatic heterocycles. The number of halogens is 2. The highest BCUT2D eigenvalue weighted by Gasteiger charge is 2.22. The van der Waals surface area contributed by atoms with E-state index in [1.165, 1.54) is 23.6 Å². The molecule has 0 aliphatic rings. The van der Waals surface area contributed by atoms with Gasteiger partial charge >= 0.3 is 5.97 Å². The standard InChI is InChI=1S/C21H19F2N3O4/c1-4-26-17-9-8-13(10-16(17)24-11(2)20(26)28)21(29)30-12(3)19(27)25-18-14(22)6-5-7-15(18)23/h5-10,12H,4H2,1-3H3,(H,25,27)/t12-/m0/s1. The number of aromatic nitrogens is 2. The van der Waals surface area contributed by atoms with E-state index in [-0.39, 0.29) is 16.8 Å². The summed E-state index contributed by atoms with van der Waals surface area (Å²) < 4.78 is 34.0. The molecular weight excluding hydrogens is 396 g/mol. The number of carbonyl (C=O) groups is 2. The molecule has 3 aromatic rings. The highest BCUT2D eigenvalue weighted by Crippen LogP contribution is 2.19. The first kappa shape index (κ1) is 21.1. The number of nitrogens with zero attached hydrogens (tertiary/aromatic N) is 2. The molecule has 30 heavy (non-hydrogen) atoms. The predicted octanol–water partition coefficient (Wildman–Crippen LogP) is 3.19. The number of esters is 1. The fourth-order valence-corrected chi connectivity index (χ4v) is 2.94. The molecule has 3 rings (SSSR count). The number of hydrogen-bond acceptors (Lipinski definition) is 5. The van der Waals surface area contributed by atoms with Crippen LogP contribution in [0.2, 0.25) is 0 Å². The minimum absolute atomic E-state index is 0.118. The largest absolute Gasteiger partial charge is 0.449 e. The van der Waals surface area contributed by atoms with Gasteiger partial charge in [0.25, 0.3) is 11.5 Å². The topological polar surface area (TPSA) is 90.3 Å². The maximum atomic E-state index is 13.7. The molecule has 0 bridgehead atoms. The molecular formula is C21H19F2N3O4. The van der Waals surface area contributed by atoms with Crippen molar-refractivity contribution in [3.63, 3.8) is 0 Å². The first-order valence-electron chi connectivity index (χ1n) is 9.20. The summed E-state index contributed by atoms with van der Waals surface area (Å²) in [6.45, 7) is 5.12. The Hall–Kier alpha value is -3.62.